The maximum absolute atomic E-state index is 15.0. The van der Waals surface area contributed by atoms with Crippen LogP contribution in [0.15, 0.2) is 46.1 Å². The highest BCUT2D eigenvalue weighted by molar-refractivity contribution is 8.01. The molecule has 3 rings (SSSR count). The maximum atomic E-state index is 15.0. The average Bonchev–Trinajstić information content (AvgIpc) is 3.21. The highest BCUT2D eigenvalue weighted by Crippen LogP contribution is 2.36. The molecule has 0 unspecified atom stereocenters. The summed E-state index contributed by atoms with van der Waals surface area (Å²) in [4.78, 5) is 17.0. The summed E-state index contributed by atoms with van der Waals surface area (Å²) >= 11 is 14.9. The quantitative estimate of drug-likeness (QED) is 0.338. The smallest absolute Gasteiger partial charge is 0.426 e. The van der Waals surface area contributed by atoms with E-state index in [-0.39, 0.29) is 4.90 Å². The van der Waals surface area contributed by atoms with Crippen molar-refractivity contribution in [1.82, 2.24) is 4.98 Å². The molecule has 0 spiro atoms. The van der Waals surface area contributed by atoms with Gasteiger partial charge in [0.05, 0.1) is 21.1 Å². The van der Waals surface area contributed by atoms with Crippen molar-refractivity contribution >= 4 is 64.1 Å². The standard InChI is InChI=1S/C22H22Cl2FN3O2S2/c1-13-6-5-7-15(23)14(13)10-26-18-9-17(25)19(8-16(18)24)32-28(20-11-31-12-27-20)21(29)30-22(2,3)4/h5-9,11-12,26H,10H2,1-4H3. The van der Waals surface area contributed by atoms with Crippen molar-refractivity contribution in [1.29, 1.82) is 0 Å². The topological polar surface area (TPSA) is 54.5 Å². The molecule has 1 heterocycles. The van der Waals surface area contributed by atoms with E-state index in [1.165, 1.54) is 27.8 Å². The highest BCUT2D eigenvalue weighted by Gasteiger charge is 2.27. The molecule has 0 aliphatic heterocycles. The van der Waals surface area contributed by atoms with Crippen molar-refractivity contribution in [2.45, 2.75) is 44.7 Å². The summed E-state index contributed by atoms with van der Waals surface area (Å²) in [5, 5.41) is 5.74. The van der Waals surface area contributed by atoms with Crippen molar-refractivity contribution in [3.05, 3.63) is 68.2 Å². The summed E-state index contributed by atoms with van der Waals surface area (Å²) in [7, 11) is 0. The zero-order valence-electron chi connectivity index (χ0n) is 17.9. The molecule has 1 N–H and O–H groups in total. The van der Waals surface area contributed by atoms with Crippen LogP contribution in [0.5, 0.6) is 0 Å². The minimum atomic E-state index is -0.716. The number of rotatable bonds is 6. The second-order valence-electron chi connectivity index (χ2n) is 7.86. The van der Waals surface area contributed by atoms with Crippen LogP contribution in [0.4, 0.5) is 20.7 Å². The number of hydrogen-bond donors (Lipinski definition) is 1. The fraction of sp³-hybridized carbons (Fsp3) is 0.273. The maximum Gasteiger partial charge on any atom is 0.426 e. The van der Waals surface area contributed by atoms with Crippen LogP contribution in [0.1, 0.15) is 31.9 Å². The summed E-state index contributed by atoms with van der Waals surface area (Å²) in [6.07, 6.45) is -0.652. The zero-order valence-corrected chi connectivity index (χ0v) is 21.1. The van der Waals surface area contributed by atoms with Gasteiger partial charge in [-0.1, -0.05) is 35.3 Å². The molecule has 32 heavy (non-hydrogen) atoms. The van der Waals surface area contributed by atoms with Crippen LogP contribution in [0.2, 0.25) is 10.0 Å². The van der Waals surface area contributed by atoms with Gasteiger partial charge in [-0.3, -0.25) is 0 Å². The van der Waals surface area contributed by atoms with Crippen molar-refractivity contribution in [3.8, 4) is 0 Å². The van der Waals surface area contributed by atoms with Crippen LogP contribution in [0.25, 0.3) is 0 Å². The molecule has 0 atom stereocenters. The molecule has 0 bridgehead atoms. The third-order valence-corrected chi connectivity index (χ3v) is 6.48. The van der Waals surface area contributed by atoms with E-state index in [0.717, 1.165) is 23.1 Å². The number of aryl methyl sites for hydroxylation is 1. The fourth-order valence-corrected chi connectivity index (χ4v) is 4.68. The average molecular weight is 514 g/mol. The molecule has 0 saturated carbocycles. The van der Waals surface area contributed by atoms with E-state index in [1.54, 1.807) is 37.7 Å². The van der Waals surface area contributed by atoms with Gasteiger partial charge in [-0.25, -0.2) is 14.2 Å². The number of anilines is 2. The largest absolute Gasteiger partial charge is 0.443 e. The van der Waals surface area contributed by atoms with Gasteiger partial charge >= 0.3 is 6.09 Å². The third kappa shape index (κ3) is 6.28. The number of thiazole rings is 1. The zero-order chi connectivity index (χ0) is 23.5. The molecule has 170 valence electrons. The first kappa shape index (κ1) is 24.6. The van der Waals surface area contributed by atoms with Gasteiger partial charge in [0, 0.05) is 28.9 Å². The number of carbonyl (C=O) groups excluding carboxylic acids is 1. The molecule has 5 nitrogen and oxygen atoms in total. The Kier molecular flexibility index (Phi) is 7.92. The lowest BCUT2D eigenvalue weighted by Gasteiger charge is -2.25. The lowest BCUT2D eigenvalue weighted by molar-refractivity contribution is 0.0611. The van der Waals surface area contributed by atoms with Crippen molar-refractivity contribution in [2.24, 2.45) is 0 Å². The second kappa shape index (κ2) is 10.3. The minimum absolute atomic E-state index is 0.160. The molecule has 0 aliphatic rings. The Morgan fingerprint density at radius 3 is 2.66 bits per heavy atom. The minimum Gasteiger partial charge on any atom is -0.443 e. The first-order valence-electron chi connectivity index (χ1n) is 9.61. The number of aromatic nitrogens is 1. The summed E-state index contributed by atoms with van der Waals surface area (Å²) in [5.41, 5.74) is 3.21. The Morgan fingerprint density at radius 1 is 1.28 bits per heavy atom. The molecule has 0 radical (unpaired) electrons. The second-order valence-corrected chi connectivity index (χ2v) is 10.4. The highest BCUT2D eigenvalue weighted by atomic mass is 35.5. The van der Waals surface area contributed by atoms with Crippen LogP contribution in [-0.4, -0.2) is 16.7 Å². The number of nitrogens with one attached hydrogen (secondary N) is 1. The van der Waals surface area contributed by atoms with Gasteiger partial charge in [0.15, 0.2) is 5.82 Å². The van der Waals surface area contributed by atoms with Crippen molar-refractivity contribution in [2.75, 3.05) is 9.62 Å². The van der Waals surface area contributed by atoms with Crippen LogP contribution < -0.4 is 9.62 Å². The van der Waals surface area contributed by atoms with E-state index < -0.39 is 17.5 Å². The van der Waals surface area contributed by atoms with Gasteiger partial charge in [-0.15, -0.1) is 11.3 Å². The van der Waals surface area contributed by atoms with Crippen LogP contribution >= 0.6 is 46.5 Å². The van der Waals surface area contributed by atoms with Gasteiger partial charge in [-0.2, -0.15) is 4.31 Å². The van der Waals surface area contributed by atoms with Gasteiger partial charge in [-0.05, 0) is 57.0 Å². The monoisotopic (exact) mass is 513 g/mol. The number of halogens is 3. The third-order valence-electron chi connectivity index (χ3n) is 4.21. The number of amides is 1. The van der Waals surface area contributed by atoms with Gasteiger partial charge in [0.1, 0.15) is 11.4 Å². The number of benzene rings is 2. The molecule has 0 saturated heterocycles. The number of carbonyl (C=O) groups is 1. The van der Waals surface area contributed by atoms with E-state index in [2.05, 4.69) is 10.3 Å². The van der Waals surface area contributed by atoms with Crippen LogP contribution in [0.3, 0.4) is 0 Å². The van der Waals surface area contributed by atoms with E-state index >= 15 is 0 Å². The van der Waals surface area contributed by atoms with Gasteiger partial charge in [0.2, 0.25) is 0 Å². The number of hydrogen-bond acceptors (Lipinski definition) is 6. The van der Waals surface area contributed by atoms with Crippen molar-refractivity contribution in [3.63, 3.8) is 0 Å². The summed E-state index contributed by atoms with van der Waals surface area (Å²) in [6.45, 7) is 7.61. The molecule has 0 fully saturated rings. The van der Waals surface area contributed by atoms with E-state index in [9.17, 15) is 9.18 Å². The normalized spacial score (nSPS) is 11.3. The Hall–Kier alpha value is -2.00. The molecule has 3 aromatic rings. The summed E-state index contributed by atoms with van der Waals surface area (Å²) < 4.78 is 21.6. The first-order valence-corrected chi connectivity index (χ1v) is 12.1. The Morgan fingerprint density at radius 2 is 2.03 bits per heavy atom. The van der Waals surface area contributed by atoms with Crippen LogP contribution in [0, 0.1) is 12.7 Å². The molecule has 0 aliphatic carbocycles. The Labute approximate surface area is 205 Å². The SMILES string of the molecule is Cc1cccc(Cl)c1CNc1cc(F)c(SN(C(=O)OC(C)(C)C)c2cscn2)cc1Cl. The molecule has 1 amide bonds. The lowest BCUT2D eigenvalue weighted by Crippen LogP contribution is -2.32. The lowest BCUT2D eigenvalue weighted by atomic mass is 10.1. The fourth-order valence-electron chi connectivity index (χ4n) is 2.69. The molecular weight excluding hydrogens is 492 g/mol. The number of ether oxygens (including phenoxy) is 1. The predicted octanol–water partition coefficient (Wildman–Crippen LogP) is 7.96. The first-order chi connectivity index (χ1) is 15.0. The van der Waals surface area contributed by atoms with Gasteiger partial charge in [0.25, 0.3) is 0 Å². The molecule has 1 aromatic heterocycles. The van der Waals surface area contributed by atoms with E-state index in [1.807, 2.05) is 19.1 Å². The summed E-state index contributed by atoms with van der Waals surface area (Å²) in [5.74, 6) is -0.192. The van der Waals surface area contributed by atoms with Crippen molar-refractivity contribution < 1.29 is 13.9 Å². The van der Waals surface area contributed by atoms with Crippen LogP contribution in [-0.2, 0) is 11.3 Å². The number of nitrogens with zero attached hydrogens (tertiary/aromatic N) is 2. The Bertz CT molecular complexity index is 1090. The molecule has 2 aromatic carbocycles. The molecular formula is C22H22Cl2FN3O2S2. The van der Waals surface area contributed by atoms with Gasteiger partial charge < -0.3 is 10.1 Å². The Balaban J connectivity index is 1.82. The van der Waals surface area contributed by atoms with E-state index in [0.29, 0.717) is 28.1 Å². The van der Waals surface area contributed by atoms with E-state index in [4.69, 9.17) is 27.9 Å². The predicted molar refractivity (Wildman–Crippen MR) is 132 cm³/mol. The summed E-state index contributed by atoms with van der Waals surface area (Å²) in [6, 6.07) is 8.39. The molecule has 10 heteroatoms.